The Labute approximate surface area is 279 Å². The Balaban J connectivity index is 1.28. The molecule has 0 spiro atoms. The Morgan fingerprint density at radius 3 is 2.36 bits per heavy atom. The number of aromatic nitrogens is 2. The highest BCUT2D eigenvalue weighted by Crippen LogP contribution is 2.25. The molecule has 0 aliphatic carbocycles. The van der Waals surface area contributed by atoms with E-state index in [1.807, 2.05) is 36.4 Å². The van der Waals surface area contributed by atoms with Crippen LogP contribution in [0.1, 0.15) is 37.6 Å². The van der Waals surface area contributed by atoms with Crippen molar-refractivity contribution in [1.82, 2.24) is 30.4 Å². The SMILES string of the molecule is COCC(=O)OC(C)C(=O)NCCOCCCNC(=O)CCN1C(=O)CC(SCCN(Cc2ccccn2)Cc2ccccn2)C1=O. The van der Waals surface area contributed by atoms with Gasteiger partial charge in [-0.25, -0.2) is 4.79 Å². The number of thioether (sulfide) groups is 1. The third-order valence-corrected chi connectivity index (χ3v) is 8.18. The first kappa shape index (κ1) is 37.5. The number of carbonyl (C=O) groups excluding carboxylic acids is 5. The van der Waals surface area contributed by atoms with Crippen LogP contribution in [0.25, 0.3) is 0 Å². The fourth-order valence-electron chi connectivity index (χ4n) is 4.60. The first-order chi connectivity index (χ1) is 22.8. The van der Waals surface area contributed by atoms with E-state index in [0.717, 1.165) is 11.4 Å². The molecule has 1 saturated heterocycles. The molecule has 2 N–H and O–H groups in total. The minimum Gasteiger partial charge on any atom is -0.451 e. The highest BCUT2D eigenvalue weighted by Gasteiger charge is 2.38. The fourth-order valence-corrected chi connectivity index (χ4v) is 5.77. The van der Waals surface area contributed by atoms with Crippen molar-refractivity contribution in [2.24, 2.45) is 0 Å². The van der Waals surface area contributed by atoms with Gasteiger partial charge in [0.25, 0.3) is 5.91 Å². The molecule has 0 saturated carbocycles. The van der Waals surface area contributed by atoms with Gasteiger partial charge in [-0.1, -0.05) is 12.1 Å². The van der Waals surface area contributed by atoms with Crippen LogP contribution in [0.5, 0.6) is 0 Å². The van der Waals surface area contributed by atoms with Gasteiger partial charge < -0.3 is 24.8 Å². The van der Waals surface area contributed by atoms with Crippen LogP contribution in [0.15, 0.2) is 48.8 Å². The standard InChI is InChI=1S/C32H44N6O8S/c1-24(46-30(41)23-44-2)31(42)36-14-18-45-17-7-13-35-28(39)10-15-38-29(40)20-27(32(38)43)47-19-16-37(21-25-8-3-5-11-33-25)22-26-9-4-6-12-34-26/h3-6,8-9,11-12,24,27H,7,10,13-23H2,1-2H3,(H,35,39)(H,36,42). The van der Waals surface area contributed by atoms with Gasteiger partial charge in [0.15, 0.2) is 6.10 Å². The number of nitrogens with one attached hydrogen (secondary N) is 2. The number of esters is 1. The lowest BCUT2D eigenvalue weighted by molar-refractivity contribution is -0.158. The quantitative estimate of drug-likeness (QED) is 0.103. The normalized spacial score (nSPS) is 15.1. The number of imide groups is 1. The summed E-state index contributed by atoms with van der Waals surface area (Å²) in [5.41, 5.74) is 1.88. The number of methoxy groups -OCH3 is 1. The largest absolute Gasteiger partial charge is 0.451 e. The summed E-state index contributed by atoms with van der Waals surface area (Å²) in [7, 11) is 1.36. The Morgan fingerprint density at radius 1 is 1.02 bits per heavy atom. The topological polar surface area (TPSA) is 169 Å². The number of amides is 4. The molecule has 0 bridgehead atoms. The first-order valence-electron chi connectivity index (χ1n) is 15.6. The van der Waals surface area contributed by atoms with Crippen LogP contribution in [-0.4, -0.2) is 120 Å². The molecule has 0 radical (unpaired) electrons. The molecule has 1 aliphatic rings. The molecule has 2 aromatic rings. The van der Waals surface area contributed by atoms with Gasteiger partial charge in [-0.15, -0.1) is 11.8 Å². The van der Waals surface area contributed by atoms with Crippen molar-refractivity contribution < 1.29 is 38.2 Å². The van der Waals surface area contributed by atoms with Crippen LogP contribution >= 0.6 is 11.8 Å². The predicted molar refractivity (Wildman–Crippen MR) is 174 cm³/mol. The smallest absolute Gasteiger partial charge is 0.332 e. The highest BCUT2D eigenvalue weighted by atomic mass is 32.2. The molecule has 14 nitrogen and oxygen atoms in total. The third-order valence-electron chi connectivity index (χ3n) is 6.99. The van der Waals surface area contributed by atoms with Crippen LogP contribution < -0.4 is 10.6 Å². The van der Waals surface area contributed by atoms with E-state index in [4.69, 9.17) is 9.47 Å². The molecule has 2 unspecified atom stereocenters. The lowest BCUT2D eigenvalue weighted by atomic mass is 10.3. The number of nitrogens with zero attached hydrogens (tertiary/aromatic N) is 4. The third kappa shape index (κ3) is 14.2. The molecule has 1 fully saturated rings. The van der Waals surface area contributed by atoms with Crippen LogP contribution in [0.3, 0.4) is 0 Å². The van der Waals surface area contributed by atoms with Gasteiger partial charge >= 0.3 is 5.97 Å². The summed E-state index contributed by atoms with van der Waals surface area (Å²) < 4.78 is 15.0. The van der Waals surface area contributed by atoms with Crippen molar-refractivity contribution in [2.45, 2.75) is 50.6 Å². The Kier molecular flexibility index (Phi) is 16.8. The number of hydrogen-bond donors (Lipinski definition) is 2. The van der Waals surface area contributed by atoms with Gasteiger partial charge in [0.05, 0.1) is 23.2 Å². The van der Waals surface area contributed by atoms with E-state index in [-0.39, 0.29) is 56.9 Å². The van der Waals surface area contributed by atoms with Gasteiger partial charge in [0, 0.05) is 84.0 Å². The van der Waals surface area contributed by atoms with Crippen molar-refractivity contribution in [3.8, 4) is 0 Å². The number of likely N-dealkylation sites (tertiary alicyclic amines) is 1. The maximum Gasteiger partial charge on any atom is 0.332 e. The average Bonchev–Trinajstić information content (AvgIpc) is 3.33. The van der Waals surface area contributed by atoms with Crippen LogP contribution in [0.2, 0.25) is 0 Å². The second kappa shape index (κ2) is 21.1. The Hall–Kier alpha value is -3.92. The summed E-state index contributed by atoms with van der Waals surface area (Å²) in [5, 5.41) is 4.91. The predicted octanol–water partition coefficient (Wildman–Crippen LogP) is 0.947. The molecule has 47 heavy (non-hydrogen) atoms. The summed E-state index contributed by atoms with van der Waals surface area (Å²) in [4.78, 5) is 73.4. The van der Waals surface area contributed by atoms with E-state index in [9.17, 15) is 24.0 Å². The number of pyridine rings is 2. The van der Waals surface area contributed by atoms with Gasteiger partial charge in [-0.05, 0) is 37.6 Å². The molecule has 3 rings (SSSR count). The molecule has 2 atom stereocenters. The summed E-state index contributed by atoms with van der Waals surface area (Å²) in [6.07, 6.45) is 3.28. The fraction of sp³-hybridized carbons (Fsp3) is 0.531. The minimum atomic E-state index is -0.939. The number of carbonyl (C=O) groups is 5. The zero-order valence-electron chi connectivity index (χ0n) is 26.9. The second-order valence-electron chi connectivity index (χ2n) is 10.7. The van der Waals surface area contributed by atoms with Crippen LogP contribution in [-0.2, 0) is 51.3 Å². The van der Waals surface area contributed by atoms with Gasteiger partial charge in [-0.2, -0.15) is 0 Å². The summed E-state index contributed by atoms with van der Waals surface area (Å²) in [5.74, 6) is -1.19. The second-order valence-corrected chi connectivity index (χ2v) is 12.0. The monoisotopic (exact) mass is 672 g/mol. The molecule has 3 heterocycles. The van der Waals surface area contributed by atoms with Crippen molar-refractivity contribution in [3.05, 3.63) is 60.2 Å². The zero-order valence-corrected chi connectivity index (χ0v) is 27.7. The number of ether oxygens (including phenoxy) is 3. The van der Waals surface area contributed by atoms with Crippen molar-refractivity contribution >= 4 is 41.4 Å². The first-order valence-corrected chi connectivity index (χ1v) is 16.6. The number of rotatable bonds is 22. The summed E-state index contributed by atoms with van der Waals surface area (Å²) >= 11 is 1.46. The molecule has 15 heteroatoms. The van der Waals surface area contributed by atoms with E-state index < -0.39 is 23.2 Å². The lowest BCUT2D eigenvalue weighted by Gasteiger charge is -2.22. The highest BCUT2D eigenvalue weighted by molar-refractivity contribution is 8.00. The van der Waals surface area contributed by atoms with Gasteiger partial charge in [0.1, 0.15) is 6.61 Å². The van der Waals surface area contributed by atoms with E-state index in [2.05, 4.69) is 30.2 Å². The van der Waals surface area contributed by atoms with Crippen molar-refractivity contribution in [3.63, 3.8) is 0 Å². The Morgan fingerprint density at radius 2 is 1.72 bits per heavy atom. The van der Waals surface area contributed by atoms with Crippen LogP contribution in [0.4, 0.5) is 0 Å². The van der Waals surface area contributed by atoms with Gasteiger partial charge in [-0.3, -0.25) is 38.9 Å². The zero-order chi connectivity index (χ0) is 33.9. The lowest BCUT2D eigenvalue weighted by Crippen LogP contribution is -2.38. The minimum absolute atomic E-state index is 0.0246. The molecule has 0 aromatic carbocycles. The van der Waals surface area contributed by atoms with Crippen molar-refractivity contribution in [1.29, 1.82) is 0 Å². The van der Waals surface area contributed by atoms with E-state index in [1.165, 1.54) is 30.7 Å². The maximum atomic E-state index is 13.0. The number of hydrogen-bond acceptors (Lipinski definition) is 12. The van der Waals surface area contributed by atoms with Crippen molar-refractivity contribution in [2.75, 3.05) is 58.9 Å². The van der Waals surface area contributed by atoms with E-state index in [1.54, 1.807) is 12.4 Å². The Bertz CT molecular complexity index is 1250. The molecular weight excluding hydrogens is 628 g/mol. The van der Waals surface area contributed by atoms with Gasteiger partial charge in [0.2, 0.25) is 17.7 Å². The average molecular weight is 673 g/mol. The molecule has 2 aromatic heterocycles. The summed E-state index contributed by atoms with van der Waals surface area (Å²) in [6.45, 7) is 4.45. The van der Waals surface area contributed by atoms with E-state index in [0.29, 0.717) is 45.0 Å². The molecule has 1 aliphatic heterocycles. The molecule has 256 valence electrons. The molecule has 4 amide bonds. The summed E-state index contributed by atoms with van der Waals surface area (Å²) in [6, 6.07) is 11.6. The molecular formula is C32H44N6O8S. The van der Waals surface area contributed by atoms with E-state index >= 15 is 0 Å². The maximum absolute atomic E-state index is 13.0. The van der Waals surface area contributed by atoms with Crippen LogP contribution in [0, 0.1) is 0 Å².